The Hall–Kier alpha value is -1.71. The molecule has 0 spiro atoms. The summed E-state index contributed by atoms with van der Waals surface area (Å²) in [5.74, 6) is -0.533. The Morgan fingerprint density at radius 2 is 1.71 bits per heavy atom. The maximum atomic E-state index is 12.6. The van der Waals surface area contributed by atoms with Crippen LogP contribution < -0.4 is 0 Å². The van der Waals surface area contributed by atoms with Crippen LogP contribution in [0, 0.1) is 0 Å². The summed E-state index contributed by atoms with van der Waals surface area (Å²) in [6.45, 7) is 1.77. The van der Waals surface area contributed by atoms with Gasteiger partial charge in [0.1, 0.15) is 0 Å². The summed E-state index contributed by atoms with van der Waals surface area (Å²) >= 11 is 0. The zero-order chi connectivity index (χ0) is 12.4. The number of rotatable bonds is 4. The lowest BCUT2D eigenvalue weighted by atomic mass is 10.1. The fourth-order valence-corrected chi connectivity index (χ4v) is 1.97. The third-order valence-corrected chi connectivity index (χ3v) is 2.86. The summed E-state index contributed by atoms with van der Waals surface area (Å²) in [4.78, 5) is 25.0. The highest BCUT2D eigenvalue weighted by atomic mass is 19.1. The van der Waals surface area contributed by atoms with Crippen molar-refractivity contribution < 1.29 is 14.0 Å². The van der Waals surface area contributed by atoms with Crippen molar-refractivity contribution >= 4 is 11.8 Å². The number of halogens is 1. The van der Waals surface area contributed by atoms with Crippen LogP contribution in [0.5, 0.6) is 0 Å². The minimum Gasteiger partial charge on any atom is -0.274 e. The van der Waals surface area contributed by atoms with Crippen LogP contribution in [0.2, 0.25) is 0 Å². The normalized spacial score (nSPS) is 16.2. The molecule has 2 amide bonds. The van der Waals surface area contributed by atoms with Crippen molar-refractivity contribution in [2.75, 3.05) is 6.54 Å². The smallest absolute Gasteiger partial charge is 0.261 e. The summed E-state index contributed by atoms with van der Waals surface area (Å²) in [6, 6.07) is 6.76. The quantitative estimate of drug-likeness (QED) is 0.751. The monoisotopic (exact) mass is 235 g/mol. The topological polar surface area (TPSA) is 37.4 Å². The second-order valence-electron chi connectivity index (χ2n) is 4.23. The van der Waals surface area contributed by atoms with Gasteiger partial charge in [0.05, 0.1) is 17.3 Å². The van der Waals surface area contributed by atoms with E-state index in [-0.39, 0.29) is 11.8 Å². The molecule has 3 nitrogen and oxygen atoms in total. The number of benzene rings is 1. The molecule has 1 aromatic carbocycles. The Kier molecular flexibility index (Phi) is 3.22. The standard InChI is InChI=1S/C13H14FNO2/c1-9(14)5-4-8-15-12(16)10-6-2-3-7-11(10)13(15)17/h2-3,6-7,9H,4-5,8H2,1H3. The Morgan fingerprint density at radius 3 is 2.18 bits per heavy atom. The second-order valence-corrected chi connectivity index (χ2v) is 4.23. The Balaban J connectivity index is 2.08. The molecule has 1 aliphatic rings. The van der Waals surface area contributed by atoms with Crippen molar-refractivity contribution in [2.45, 2.75) is 25.9 Å². The summed E-state index contributed by atoms with van der Waals surface area (Å²) in [6.07, 6.45) is -0.0264. The van der Waals surface area contributed by atoms with Gasteiger partial charge in [0.15, 0.2) is 0 Å². The van der Waals surface area contributed by atoms with Gasteiger partial charge in [0.2, 0.25) is 0 Å². The first-order valence-corrected chi connectivity index (χ1v) is 5.70. The van der Waals surface area contributed by atoms with Crippen LogP contribution in [0.15, 0.2) is 24.3 Å². The third kappa shape index (κ3) is 2.20. The number of alkyl halides is 1. The van der Waals surface area contributed by atoms with Crippen LogP contribution in [-0.4, -0.2) is 29.4 Å². The van der Waals surface area contributed by atoms with Gasteiger partial charge in [-0.05, 0) is 31.9 Å². The molecule has 0 saturated heterocycles. The second kappa shape index (κ2) is 4.65. The van der Waals surface area contributed by atoms with E-state index in [0.717, 1.165) is 0 Å². The van der Waals surface area contributed by atoms with E-state index in [9.17, 15) is 14.0 Å². The summed E-state index contributed by atoms with van der Waals surface area (Å²) < 4.78 is 12.6. The largest absolute Gasteiger partial charge is 0.274 e. The number of hydrogen-bond donors (Lipinski definition) is 0. The van der Waals surface area contributed by atoms with Gasteiger partial charge in [-0.25, -0.2) is 4.39 Å². The zero-order valence-electron chi connectivity index (χ0n) is 9.65. The number of carbonyl (C=O) groups is 2. The molecule has 0 aromatic heterocycles. The predicted octanol–water partition coefficient (Wildman–Crippen LogP) is 2.42. The summed E-state index contributed by atoms with van der Waals surface area (Å²) in [7, 11) is 0. The average molecular weight is 235 g/mol. The minimum absolute atomic E-state index is 0.267. The Bertz CT molecular complexity index is 421. The van der Waals surface area contributed by atoms with Crippen LogP contribution in [0.1, 0.15) is 40.5 Å². The highest BCUT2D eigenvalue weighted by molar-refractivity contribution is 6.21. The molecule has 1 aromatic rings. The van der Waals surface area contributed by atoms with Gasteiger partial charge < -0.3 is 0 Å². The van der Waals surface area contributed by atoms with E-state index in [1.165, 1.54) is 11.8 Å². The lowest BCUT2D eigenvalue weighted by Gasteiger charge is -2.13. The molecule has 90 valence electrons. The van der Waals surface area contributed by atoms with E-state index in [1.54, 1.807) is 24.3 Å². The van der Waals surface area contributed by atoms with E-state index in [2.05, 4.69) is 0 Å². The van der Waals surface area contributed by atoms with Crippen molar-refractivity contribution in [1.82, 2.24) is 4.90 Å². The first-order valence-electron chi connectivity index (χ1n) is 5.70. The van der Waals surface area contributed by atoms with Crippen molar-refractivity contribution in [3.05, 3.63) is 35.4 Å². The Labute approximate surface area is 99.2 Å². The Morgan fingerprint density at radius 1 is 1.18 bits per heavy atom. The van der Waals surface area contributed by atoms with Gasteiger partial charge in [-0.15, -0.1) is 0 Å². The molecule has 0 saturated carbocycles. The fraction of sp³-hybridized carbons (Fsp3) is 0.385. The van der Waals surface area contributed by atoms with Crippen LogP contribution in [-0.2, 0) is 0 Å². The van der Waals surface area contributed by atoms with Gasteiger partial charge in [-0.3, -0.25) is 14.5 Å². The molecular weight excluding hydrogens is 221 g/mol. The molecule has 4 heteroatoms. The van der Waals surface area contributed by atoms with Crippen LogP contribution in [0.3, 0.4) is 0 Å². The maximum absolute atomic E-state index is 12.6. The summed E-state index contributed by atoms with van der Waals surface area (Å²) in [5, 5.41) is 0. The maximum Gasteiger partial charge on any atom is 0.261 e. The SMILES string of the molecule is CC(F)CCCN1C(=O)c2ccccc2C1=O. The first kappa shape index (κ1) is 11.8. The molecule has 0 aliphatic carbocycles. The molecule has 0 fully saturated rings. The van der Waals surface area contributed by atoms with Crippen LogP contribution in [0.25, 0.3) is 0 Å². The van der Waals surface area contributed by atoms with Crippen LogP contribution in [0.4, 0.5) is 4.39 Å². The lowest BCUT2D eigenvalue weighted by Crippen LogP contribution is -2.30. The van der Waals surface area contributed by atoms with Crippen LogP contribution >= 0.6 is 0 Å². The molecule has 1 heterocycles. The molecule has 1 unspecified atom stereocenters. The first-order chi connectivity index (χ1) is 8.11. The van der Waals surface area contributed by atoms with E-state index >= 15 is 0 Å². The molecule has 17 heavy (non-hydrogen) atoms. The predicted molar refractivity (Wildman–Crippen MR) is 61.6 cm³/mol. The molecule has 0 bridgehead atoms. The van der Waals surface area contributed by atoms with Crippen molar-refractivity contribution in [3.8, 4) is 0 Å². The highest BCUT2D eigenvalue weighted by Gasteiger charge is 2.34. The fourth-order valence-electron chi connectivity index (χ4n) is 1.97. The van der Waals surface area contributed by atoms with E-state index < -0.39 is 6.17 Å². The van der Waals surface area contributed by atoms with Gasteiger partial charge in [0.25, 0.3) is 11.8 Å². The average Bonchev–Trinajstić information content (AvgIpc) is 2.54. The van der Waals surface area contributed by atoms with Gasteiger partial charge >= 0.3 is 0 Å². The number of imide groups is 1. The van der Waals surface area contributed by atoms with Crippen molar-refractivity contribution in [1.29, 1.82) is 0 Å². The van der Waals surface area contributed by atoms with Crippen molar-refractivity contribution in [3.63, 3.8) is 0 Å². The molecule has 0 N–H and O–H groups in total. The molecular formula is C13H14FNO2. The number of nitrogens with zero attached hydrogens (tertiary/aromatic N) is 1. The molecule has 1 atom stereocenters. The number of hydrogen-bond acceptors (Lipinski definition) is 2. The van der Waals surface area contributed by atoms with Gasteiger partial charge in [-0.2, -0.15) is 0 Å². The molecule has 2 rings (SSSR count). The molecule has 1 aliphatic heterocycles. The third-order valence-electron chi connectivity index (χ3n) is 2.86. The molecule has 0 radical (unpaired) electrons. The highest BCUT2D eigenvalue weighted by Crippen LogP contribution is 2.22. The van der Waals surface area contributed by atoms with E-state index in [0.29, 0.717) is 30.5 Å². The summed E-state index contributed by atoms with van der Waals surface area (Å²) in [5.41, 5.74) is 0.900. The lowest BCUT2D eigenvalue weighted by molar-refractivity contribution is 0.0648. The number of carbonyl (C=O) groups excluding carboxylic acids is 2. The minimum atomic E-state index is -0.898. The van der Waals surface area contributed by atoms with Gasteiger partial charge in [-0.1, -0.05) is 12.1 Å². The number of fused-ring (bicyclic) bond motifs is 1. The van der Waals surface area contributed by atoms with Crippen molar-refractivity contribution in [2.24, 2.45) is 0 Å². The van der Waals surface area contributed by atoms with E-state index in [4.69, 9.17) is 0 Å². The van der Waals surface area contributed by atoms with Gasteiger partial charge in [0, 0.05) is 6.54 Å². The van der Waals surface area contributed by atoms with E-state index in [1.807, 2.05) is 0 Å². The number of amides is 2. The zero-order valence-corrected chi connectivity index (χ0v) is 9.65.